The summed E-state index contributed by atoms with van der Waals surface area (Å²) in [5, 5.41) is 20.7. The molecule has 0 atom stereocenters. The number of phenols is 2. The predicted molar refractivity (Wildman–Crippen MR) is 83.3 cm³/mol. The third kappa shape index (κ3) is 2.38. The molecular weight excluding hydrogens is 248 g/mol. The first-order valence-electron chi connectivity index (χ1n) is 7.28. The van der Waals surface area contributed by atoms with Crippen molar-refractivity contribution < 1.29 is 10.2 Å². The summed E-state index contributed by atoms with van der Waals surface area (Å²) in [5.74, 6) is 0.452. The third-order valence-corrected chi connectivity index (χ3v) is 3.87. The average molecular weight is 270 g/mol. The van der Waals surface area contributed by atoms with Crippen molar-refractivity contribution in [2.24, 2.45) is 0 Å². The summed E-state index contributed by atoms with van der Waals surface area (Å²) in [6.45, 7) is 6.07. The molecule has 2 nitrogen and oxygen atoms in total. The van der Waals surface area contributed by atoms with Gasteiger partial charge < -0.3 is 10.2 Å². The predicted octanol–water partition coefficient (Wildman–Crippen LogP) is 4.45. The molecule has 0 heterocycles. The van der Waals surface area contributed by atoms with Crippen LogP contribution >= 0.6 is 0 Å². The molecular formula is C18H22O2. The molecule has 0 radical (unpaired) electrons. The van der Waals surface area contributed by atoms with Crippen molar-refractivity contribution in [3.63, 3.8) is 0 Å². The maximum absolute atomic E-state index is 10.5. The SMILES string of the molecule is CCc1ccccc1-c1cc(CC)c(O)c(CC)c1O. The summed E-state index contributed by atoms with van der Waals surface area (Å²) in [4.78, 5) is 0. The highest BCUT2D eigenvalue weighted by Gasteiger charge is 2.17. The second-order valence-corrected chi connectivity index (χ2v) is 4.98. The Hall–Kier alpha value is -1.96. The van der Waals surface area contributed by atoms with Gasteiger partial charge >= 0.3 is 0 Å². The molecule has 106 valence electrons. The second-order valence-electron chi connectivity index (χ2n) is 4.98. The lowest BCUT2D eigenvalue weighted by molar-refractivity contribution is 0.436. The maximum atomic E-state index is 10.5. The molecule has 0 bridgehead atoms. The molecule has 20 heavy (non-hydrogen) atoms. The van der Waals surface area contributed by atoms with E-state index < -0.39 is 0 Å². The Labute approximate surface area is 120 Å². The van der Waals surface area contributed by atoms with Crippen LogP contribution in [0.15, 0.2) is 30.3 Å². The van der Waals surface area contributed by atoms with Crippen molar-refractivity contribution in [2.75, 3.05) is 0 Å². The zero-order chi connectivity index (χ0) is 14.7. The van der Waals surface area contributed by atoms with E-state index in [-0.39, 0.29) is 11.5 Å². The Balaban J connectivity index is 2.74. The van der Waals surface area contributed by atoms with Crippen molar-refractivity contribution in [1.29, 1.82) is 0 Å². The van der Waals surface area contributed by atoms with Crippen LogP contribution in [-0.2, 0) is 19.3 Å². The Kier molecular flexibility index (Phi) is 4.33. The third-order valence-electron chi connectivity index (χ3n) is 3.87. The molecule has 2 heteroatoms. The molecule has 2 rings (SSSR count). The van der Waals surface area contributed by atoms with E-state index in [1.54, 1.807) is 0 Å². The lowest BCUT2D eigenvalue weighted by Crippen LogP contribution is -1.95. The number of benzene rings is 2. The van der Waals surface area contributed by atoms with Gasteiger partial charge in [-0.1, -0.05) is 45.0 Å². The van der Waals surface area contributed by atoms with E-state index in [1.807, 2.05) is 38.1 Å². The normalized spacial score (nSPS) is 10.8. The number of rotatable bonds is 4. The first-order valence-corrected chi connectivity index (χ1v) is 7.28. The van der Waals surface area contributed by atoms with E-state index in [1.165, 1.54) is 5.56 Å². The van der Waals surface area contributed by atoms with Crippen molar-refractivity contribution in [3.05, 3.63) is 47.0 Å². The molecule has 0 saturated carbocycles. The van der Waals surface area contributed by atoms with Gasteiger partial charge in [0.1, 0.15) is 11.5 Å². The molecule has 0 unspecified atom stereocenters. The second kappa shape index (κ2) is 6.00. The minimum Gasteiger partial charge on any atom is -0.507 e. The summed E-state index contributed by atoms with van der Waals surface area (Å²) in [6.07, 6.45) is 2.28. The van der Waals surface area contributed by atoms with Gasteiger partial charge in [-0.05, 0) is 42.0 Å². The summed E-state index contributed by atoms with van der Waals surface area (Å²) in [6, 6.07) is 10.0. The van der Waals surface area contributed by atoms with Gasteiger partial charge in [-0.25, -0.2) is 0 Å². The van der Waals surface area contributed by atoms with Gasteiger partial charge in [0.25, 0.3) is 0 Å². The highest BCUT2D eigenvalue weighted by atomic mass is 16.3. The van der Waals surface area contributed by atoms with Gasteiger partial charge in [0.2, 0.25) is 0 Å². The maximum Gasteiger partial charge on any atom is 0.130 e. The van der Waals surface area contributed by atoms with Crippen LogP contribution in [0.2, 0.25) is 0 Å². The molecule has 0 saturated heterocycles. The Morgan fingerprint density at radius 2 is 1.40 bits per heavy atom. The van der Waals surface area contributed by atoms with E-state index >= 15 is 0 Å². The van der Waals surface area contributed by atoms with Crippen LogP contribution in [0.25, 0.3) is 11.1 Å². The molecule has 0 aliphatic heterocycles. The molecule has 0 aliphatic rings. The number of aromatic hydroxyl groups is 2. The topological polar surface area (TPSA) is 40.5 Å². The number of phenolic OH excluding ortho intramolecular Hbond substituents is 2. The van der Waals surface area contributed by atoms with Crippen LogP contribution in [0.3, 0.4) is 0 Å². The molecule has 0 aliphatic carbocycles. The fourth-order valence-corrected chi connectivity index (χ4v) is 2.68. The highest BCUT2D eigenvalue weighted by Crippen LogP contribution is 2.41. The molecule has 0 fully saturated rings. The Bertz CT molecular complexity index is 615. The molecule has 0 spiro atoms. The Morgan fingerprint density at radius 3 is 2.00 bits per heavy atom. The average Bonchev–Trinajstić information content (AvgIpc) is 2.48. The minimum atomic E-state index is 0.211. The lowest BCUT2D eigenvalue weighted by atomic mass is 9.91. The van der Waals surface area contributed by atoms with Gasteiger partial charge in [-0.15, -0.1) is 0 Å². The van der Waals surface area contributed by atoms with Crippen molar-refractivity contribution in [3.8, 4) is 22.6 Å². The minimum absolute atomic E-state index is 0.211. The van der Waals surface area contributed by atoms with Crippen LogP contribution in [0.1, 0.15) is 37.5 Å². The Morgan fingerprint density at radius 1 is 0.750 bits per heavy atom. The van der Waals surface area contributed by atoms with Crippen molar-refractivity contribution in [1.82, 2.24) is 0 Å². The van der Waals surface area contributed by atoms with E-state index in [4.69, 9.17) is 0 Å². The zero-order valence-electron chi connectivity index (χ0n) is 12.4. The smallest absolute Gasteiger partial charge is 0.130 e. The molecule has 2 aromatic carbocycles. The van der Waals surface area contributed by atoms with Crippen LogP contribution in [0.4, 0.5) is 0 Å². The highest BCUT2D eigenvalue weighted by molar-refractivity contribution is 5.77. The summed E-state index contributed by atoms with van der Waals surface area (Å²) >= 11 is 0. The standard InChI is InChI=1S/C18H22O2/c1-4-12-9-7-8-10-15(12)16-11-13(5-2)17(19)14(6-3)18(16)20/h7-11,19-20H,4-6H2,1-3H3. The largest absolute Gasteiger partial charge is 0.507 e. The first-order chi connectivity index (χ1) is 9.63. The van der Waals surface area contributed by atoms with Crippen LogP contribution in [-0.4, -0.2) is 10.2 Å². The van der Waals surface area contributed by atoms with Gasteiger partial charge in [-0.2, -0.15) is 0 Å². The van der Waals surface area contributed by atoms with Crippen molar-refractivity contribution in [2.45, 2.75) is 40.0 Å². The number of hydrogen-bond donors (Lipinski definition) is 2. The van der Waals surface area contributed by atoms with Crippen LogP contribution in [0, 0.1) is 0 Å². The monoisotopic (exact) mass is 270 g/mol. The number of aryl methyl sites for hydroxylation is 2. The van der Waals surface area contributed by atoms with Gasteiger partial charge in [0.05, 0.1) is 0 Å². The first kappa shape index (κ1) is 14.4. The van der Waals surface area contributed by atoms with E-state index in [0.717, 1.165) is 29.5 Å². The summed E-state index contributed by atoms with van der Waals surface area (Å²) in [7, 11) is 0. The van der Waals surface area contributed by atoms with Crippen LogP contribution < -0.4 is 0 Å². The lowest BCUT2D eigenvalue weighted by Gasteiger charge is -2.16. The van der Waals surface area contributed by atoms with Gasteiger partial charge in [0, 0.05) is 11.1 Å². The molecule has 0 amide bonds. The molecule has 2 aromatic rings. The van der Waals surface area contributed by atoms with Gasteiger partial charge in [-0.3, -0.25) is 0 Å². The zero-order valence-corrected chi connectivity index (χ0v) is 12.4. The summed E-state index contributed by atoms with van der Waals surface area (Å²) in [5.41, 5.74) is 4.62. The van der Waals surface area contributed by atoms with Gasteiger partial charge in [0.15, 0.2) is 0 Å². The number of hydrogen-bond acceptors (Lipinski definition) is 2. The fraction of sp³-hybridized carbons (Fsp3) is 0.333. The summed E-state index contributed by atoms with van der Waals surface area (Å²) < 4.78 is 0. The van der Waals surface area contributed by atoms with E-state index in [0.29, 0.717) is 12.0 Å². The quantitative estimate of drug-likeness (QED) is 0.861. The molecule has 2 N–H and O–H groups in total. The van der Waals surface area contributed by atoms with E-state index in [2.05, 4.69) is 13.0 Å². The van der Waals surface area contributed by atoms with Crippen molar-refractivity contribution >= 4 is 0 Å². The fourth-order valence-electron chi connectivity index (χ4n) is 2.68. The van der Waals surface area contributed by atoms with E-state index in [9.17, 15) is 10.2 Å². The van der Waals surface area contributed by atoms with Crippen LogP contribution in [0.5, 0.6) is 11.5 Å². The molecule has 0 aromatic heterocycles.